The summed E-state index contributed by atoms with van der Waals surface area (Å²) in [5, 5.41) is 4.40. The smallest absolute Gasteiger partial charge is 0.224 e. The van der Waals surface area contributed by atoms with Gasteiger partial charge >= 0.3 is 0 Å². The van der Waals surface area contributed by atoms with Crippen molar-refractivity contribution in [2.24, 2.45) is 5.92 Å². The van der Waals surface area contributed by atoms with Crippen LogP contribution in [-0.2, 0) is 11.3 Å². The van der Waals surface area contributed by atoms with Gasteiger partial charge in [-0.15, -0.1) is 0 Å². The number of fused-ring (bicyclic) bond motifs is 2. The molecule has 0 N–H and O–H groups in total. The molecule has 5 nitrogen and oxygen atoms in total. The van der Waals surface area contributed by atoms with Gasteiger partial charge in [0.25, 0.3) is 0 Å². The van der Waals surface area contributed by atoms with Crippen LogP contribution in [0.2, 0.25) is 0 Å². The lowest BCUT2D eigenvalue weighted by Gasteiger charge is -2.51. The second kappa shape index (κ2) is 6.99. The Kier molecular flexibility index (Phi) is 4.46. The Hall–Kier alpha value is -2.21. The number of aryl methyl sites for hydroxylation is 2. The summed E-state index contributed by atoms with van der Waals surface area (Å²) in [6.07, 6.45) is 4.77. The predicted molar refractivity (Wildman–Crippen MR) is 104 cm³/mol. The van der Waals surface area contributed by atoms with Gasteiger partial charge in [-0.25, -0.2) is 4.39 Å². The Balaban J connectivity index is 1.38. The van der Waals surface area contributed by atoms with Gasteiger partial charge in [0.2, 0.25) is 5.91 Å². The highest BCUT2D eigenvalue weighted by atomic mass is 19.1. The minimum Gasteiger partial charge on any atom is -0.337 e. The standard InChI is InChI=1S/C22H27FN4O/c1-15-6-12-26(24-15)13-9-20(28)27-14-19(16-2-4-18(23)5-3-16)22-21(27)17-7-10-25(22)11-8-17/h2-6,12,17,19,21-22H,7-11,13-14H2,1H3/t19-,21+,22+/m0/s1. The third-order valence-corrected chi connectivity index (χ3v) is 6.94. The average molecular weight is 382 g/mol. The number of likely N-dealkylation sites (tertiary alicyclic amines) is 1. The molecule has 0 aliphatic carbocycles. The zero-order valence-corrected chi connectivity index (χ0v) is 16.3. The average Bonchev–Trinajstić information content (AvgIpc) is 3.33. The molecule has 4 aliphatic heterocycles. The van der Waals surface area contributed by atoms with Gasteiger partial charge in [0.1, 0.15) is 5.82 Å². The number of rotatable bonds is 4. The fourth-order valence-corrected chi connectivity index (χ4v) is 5.65. The van der Waals surface area contributed by atoms with Crippen molar-refractivity contribution in [3.05, 3.63) is 53.6 Å². The predicted octanol–water partition coefficient (Wildman–Crippen LogP) is 2.81. The van der Waals surface area contributed by atoms with Gasteiger partial charge in [-0.3, -0.25) is 14.4 Å². The van der Waals surface area contributed by atoms with Crippen LogP contribution in [0.5, 0.6) is 0 Å². The number of amides is 1. The first-order chi connectivity index (χ1) is 13.6. The van der Waals surface area contributed by atoms with E-state index in [0.717, 1.165) is 30.9 Å². The van der Waals surface area contributed by atoms with Crippen LogP contribution in [0.3, 0.4) is 0 Å². The molecule has 5 heterocycles. The molecular weight excluding hydrogens is 355 g/mol. The molecule has 4 aliphatic rings. The highest BCUT2D eigenvalue weighted by Crippen LogP contribution is 2.46. The first-order valence-corrected chi connectivity index (χ1v) is 10.4. The van der Waals surface area contributed by atoms with Crippen LogP contribution in [0, 0.1) is 18.7 Å². The number of benzene rings is 1. The van der Waals surface area contributed by atoms with Crippen molar-refractivity contribution < 1.29 is 9.18 Å². The van der Waals surface area contributed by atoms with E-state index >= 15 is 0 Å². The molecule has 148 valence electrons. The number of hydrogen-bond acceptors (Lipinski definition) is 3. The second-order valence-corrected chi connectivity index (χ2v) is 8.53. The van der Waals surface area contributed by atoms with Crippen LogP contribution in [0.15, 0.2) is 36.5 Å². The molecule has 0 saturated carbocycles. The van der Waals surface area contributed by atoms with E-state index < -0.39 is 0 Å². The van der Waals surface area contributed by atoms with Crippen LogP contribution < -0.4 is 0 Å². The maximum Gasteiger partial charge on any atom is 0.224 e. The summed E-state index contributed by atoms with van der Waals surface area (Å²) in [4.78, 5) is 17.9. The van der Waals surface area contributed by atoms with Gasteiger partial charge < -0.3 is 4.90 Å². The van der Waals surface area contributed by atoms with Gasteiger partial charge in [-0.1, -0.05) is 12.1 Å². The zero-order chi connectivity index (χ0) is 19.3. The normalized spacial score (nSPS) is 31.2. The van der Waals surface area contributed by atoms with Crippen molar-refractivity contribution in [2.75, 3.05) is 19.6 Å². The molecule has 6 rings (SSSR count). The van der Waals surface area contributed by atoms with Gasteiger partial charge in [0, 0.05) is 37.7 Å². The molecule has 0 unspecified atom stereocenters. The van der Waals surface area contributed by atoms with Crippen LogP contribution >= 0.6 is 0 Å². The molecule has 3 atom stereocenters. The van der Waals surface area contributed by atoms with Crippen molar-refractivity contribution in [2.45, 2.75) is 50.7 Å². The fourth-order valence-electron chi connectivity index (χ4n) is 5.65. The molecule has 4 saturated heterocycles. The van der Waals surface area contributed by atoms with Crippen molar-refractivity contribution >= 4 is 5.91 Å². The summed E-state index contributed by atoms with van der Waals surface area (Å²) in [5.41, 5.74) is 2.13. The van der Waals surface area contributed by atoms with E-state index in [0.29, 0.717) is 31.0 Å². The lowest BCUT2D eigenvalue weighted by molar-refractivity contribution is -0.136. The summed E-state index contributed by atoms with van der Waals surface area (Å²) in [7, 11) is 0. The Morgan fingerprint density at radius 3 is 2.57 bits per heavy atom. The quantitative estimate of drug-likeness (QED) is 0.817. The first-order valence-electron chi connectivity index (χ1n) is 10.4. The largest absolute Gasteiger partial charge is 0.337 e. The van der Waals surface area contributed by atoms with E-state index in [1.807, 2.05) is 36.0 Å². The van der Waals surface area contributed by atoms with Crippen LogP contribution in [0.25, 0.3) is 0 Å². The summed E-state index contributed by atoms with van der Waals surface area (Å²) in [6, 6.07) is 9.53. The second-order valence-electron chi connectivity index (χ2n) is 8.53. The van der Waals surface area contributed by atoms with Crippen LogP contribution in [-0.4, -0.2) is 57.2 Å². The van der Waals surface area contributed by atoms with Gasteiger partial charge in [-0.05, 0) is 62.5 Å². The Morgan fingerprint density at radius 1 is 1.14 bits per heavy atom. The number of hydrogen-bond donors (Lipinski definition) is 0. The molecule has 2 bridgehead atoms. The maximum atomic E-state index is 13.4. The molecular formula is C22H27FN4O. The monoisotopic (exact) mass is 382 g/mol. The number of aromatic nitrogens is 2. The summed E-state index contributed by atoms with van der Waals surface area (Å²) >= 11 is 0. The highest BCUT2D eigenvalue weighted by molar-refractivity contribution is 5.77. The van der Waals surface area contributed by atoms with Crippen molar-refractivity contribution in [3.8, 4) is 0 Å². The minimum absolute atomic E-state index is 0.203. The Bertz CT molecular complexity index is 856. The molecule has 1 aromatic carbocycles. The van der Waals surface area contributed by atoms with E-state index in [4.69, 9.17) is 0 Å². The fraction of sp³-hybridized carbons (Fsp3) is 0.545. The van der Waals surface area contributed by atoms with Crippen LogP contribution in [0.1, 0.15) is 36.4 Å². The van der Waals surface area contributed by atoms with E-state index in [9.17, 15) is 9.18 Å². The summed E-state index contributed by atoms with van der Waals surface area (Å²) in [5.74, 6) is 0.883. The maximum absolute atomic E-state index is 13.4. The molecule has 2 aromatic rings. The third kappa shape index (κ3) is 3.04. The van der Waals surface area contributed by atoms with Crippen LogP contribution in [0.4, 0.5) is 4.39 Å². The van der Waals surface area contributed by atoms with Gasteiger partial charge in [0.15, 0.2) is 0 Å². The van der Waals surface area contributed by atoms with E-state index in [1.54, 1.807) is 12.1 Å². The third-order valence-electron chi connectivity index (χ3n) is 6.94. The number of carbonyl (C=O) groups excluding carboxylic acids is 1. The highest BCUT2D eigenvalue weighted by Gasteiger charge is 2.54. The number of carbonyl (C=O) groups is 1. The minimum atomic E-state index is -0.203. The molecule has 28 heavy (non-hydrogen) atoms. The van der Waals surface area contributed by atoms with Gasteiger partial charge in [0.05, 0.1) is 11.7 Å². The van der Waals surface area contributed by atoms with E-state index in [2.05, 4.69) is 14.9 Å². The van der Waals surface area contributed by atoms with Gasteiger partial charge in [-0.2, -0.15) is 5.10 Å². The molecule has 6 heteroatoms. The lowest BCUT2D eigenvalue weighted by Crippen LogP contribution is -2.60. The Morgan fingerprint density at radius 2 is 1.89 bits per heavy atom. The summed E-state index contributed by atoms with van der Waals surface area (Å²) < 4.78 is 15.3. The van der Waals surface area contributed by atoms with E-state index in [1.165, 1.54) is 12.8 Å². The first kappa shape index (κ1) is 17.9. The van der Waals surface area contributed by atoms with Crippen molar-refractivity contribution in [1.29, 1.82) is 0 Å². The zero-order valence-electron chi connectivity index (χ0n) is 16.3. The van der Waals surface area contributed by atoms with E-state index in [-0.39, 0.29) is 17.6 Å². The molecule has 0 radical (unpaired) electrons. The van der Waals surface area contributed by atoms with Crippen molar-refractivity contribution in [1.82, 2.24) is 19.6 Å². The number of piperidine rings is 3. The Labute approximate surface area is 165 Å². The van der Waals surface area contributed by atoms with Crippen molar-refractivity contribution in [3.63, 3.8) is 0 Å². The molecule has 0 spiro atoms. The molecule has 4 fully saturated rings. The molecule has 1 amide bonds. The topological polar surface area (TPSA) is 41.4 Å². The SMILES string of the molecule is Cc1ccn(CCC(=O)N2C[C@@H](c3ccc(F)cc3)[C@@H]3[C@H]2C2CCN3CC2)n1. The number of nitrogens with zero attached hydrogens (tertiary/aromatic N) is 4. The number of halogens is 1. The lowest BCUT2D eigenvalue weighted by atomic mass is 9.75. The summed E-state index contributed by atoms with van der Waals surface area (Å²) in [6.45, 7) is 5.57. The molecule has 1 aromatic heterocycles.